The van der Waals surface area contributed by atoms with E-state index >= 15 is 0 Å². The summed E-state index contributed by atoms with van der Waals surface area (Å²) in [5.41, 5.74) is 0.139. The van der Waals surface area contributed by atoms with Crippen molar-refractivity contribution in [3.8, 4) is 16.9 Å². The smallest absolute Gasteiger partial charge is 0.335 e. The highest BCUT2D eigenvalue weighted by atomic mass is 16.5. The van der Waals surface area contributed by atoms with Crippen LogP contribution in [0.3, 0.4) is 0 Å². The Morgan fingerprint density at radius 1 is 0.900 bits per heavy atom. The number of para-hydroxylation sites is 1. The number of carbonyl (C=O) groups is 6. The molecule has 2 saturated carbocycles. The highest BCUT2D eigenvalue weighted by Gasteiger charge is 2.54. The number of aromatic carboxylic acids is 1. The van der Waals surface area contributed by atoms with Crippen LogP contribution in [0.25, 0.3) is 11.1 Å². The van der Waals surface area contributed by atoms with Crippen LogP contribution >= 0.6 is 0 Å². The highest BCUT2D eigenvalue weighted by Crippen LogP contribution is 2.37. The standard InChI is InChI=1S/C37H46N4O9/c1-21(2)30(39-33(44)31(38-22(3)42)24-9-5-4-6-10-24)34(45)41-20-26(19-28(41)32(43)40-37(17-18-37)36(48)49)50-29-12-8-7-11-27(29)23-13-15-25(16-14-23)35(46)47/h7-8,11-16,21,24,26,28,30-31H,4-6,9-10,17-20H2,1-3H3,(H,38,42)(H,39,44)(H,40,43)(H,46,47)(H,48,49)/t26-,28+,30+,31+/m1/s1. The second kappa shape index (κ2) is 15.3. The number of hydrogen-bond donors (Lipinski definition) is 5. The molecule has 3 fully saturated rings. The Morgan fingerprint density at radius 2 is 1.56 bits per heavy atom. The van der Waals surface area contributed by atoms with E-state index in [9.17, 15) is 39.0 Å². The number of carbonyl (C=O) groups excluding carboxylic acids is 4. The molecule has 5 N–H and O–H groups in total. The van der Waals surface area contributed by atoms with Gasteiger partial charge in [-0.2, -0.15) is 0 Å². The lowest BCUT2D eigenvalue weighted by molar-refractivity contribution is -0.146. The van der Waals surface area contributed by atoms with Gasteiger partial charge in [0.05, 0.1) is 12.1 Å². The minimum Gasteiger partial charge on any atom is -0.488 e. The van der Waals surface area contributed by atoms with E-state index in [1.54, 1.807) is 38.1 Å². The van der Waals surface area contributed by atoms with Gasteiger partial charge in [-0.1, -0.05) is 63.4 Å². The maximum Gasteiger partial charge on any atom is 0.335 e. The van der Waals surface area contributed by atoms with Gasteiger partial charge in [-0.05, 0) is 61.3 Å². The zero-order valence-electron chi connectivity index (χ0n) is 28.6. The number of carboxylic acids is 2. The van der Waals surface area contributed by atoms with Crippen molar-refractivity contribution in [1.29, 1.82) is 0 Å². The Hall–Kier alpha value is -4.94. The fourth-order valence-electron chi connectivity index (χ4n) is 7.01. The van der Waals surface area contributed by atoms with Crippen LogP contribution < -0.4 is 20.7 Å². The number of nitrogens with zero attached hydrogens (tertiary/aromatic N) is 1. The molecule has 2 aromatic carbocycles. The predicted octanol–water partition coefficient (Wildman–Crippen LogP) is 3.36. The SMILES string of the molecule is CC(=O)N[C@H](C(=O)N[C@H](C(=O)N1C[C@H](Oc2ccccc2-c2ccc(C(=O)O)cc2)C[C@H]1C(=O)NC1(C(=O)O)CC1)C(C)C)C1CCCCC1. The normalized spacial score (nSPS) is 21.1. The molecule has 4 atom stereocenters. The third-order valence-electron chi connectivity index (χ3n) is 9.99. The van der Waals surface area contributed by atoms with Crippen LogP contribution in [0.4, 0.5) is 0 Å². The zero-order valence-corrected chi connectivity index (χ0v) is 28.6. The molecule has 0 unspecified atom stereocenters. The molecule has 0 bridgehead atoms. The molecule has 268 valence electrons. The zero-order chi connectivity index (χ0) is 36.2. The van der Waals surface area contributed by atoms with Gasteiger partial charge in [-0.15, -0.1) is 0 Å². The van der Waals surface area contributed by atoms with Crippen molar-refractivity contribution >= 4 is 35.6 Å². The van der Waals surface area contributed by atoms with E-state index in [1.165, 1.54) is 24.0 Å². The Morgan fingerprint density at radius 3 is 2.14 bits per heavy atom. The Bertz CT molecular complexity index is 1610. The van der Waals surface area contributed by atoms with Gasteiger partial charge in [0.2, 0.25) is 23.6 Å². The average molecular weight is 691 g/mol. The first-order valence-electron chi connectivity index (χ1n) is 17.3. The Labute approximate surface area is 291 Å². The van der Waals surface area contributed by atoms with Gasteiger partial charge in [0.1, 0.15) is 35.5 Å². The van der Waals surface area contributed by atoms with E-state index in [0.29, 0.717) is 16.9 Å². The van der Waals surface area contributed by atoms with Gasteiger partial charge in [0.25, 0.3) is 0 Å². The summed E-state index contributed by atoms with van der Waals surface area (Å²) in [4.78, 5) is 78.6. The number of hydrogen-bond acceptors (Lipinski definition) is 7. The topological polar surface area (TPSA) is 191 Å². The lowest BCUT2D eigenvalue weighted by Gasteiger charge is -2.34. The molecule has 0 spiro atoms. The van der Waals surface area contributed by atoms with E-state index in [-0.39, 0.29) is 49.1 Å². The van der Waals surface area contributed by atoms with Gasteiger partial charge >= 0.3 is 11.9 Å². The van der Waals surface area contributed by atoms with Crippen molar-refractivity contribution in [3.05, 3.63) is 54.1 Å². The van der Waals surface area contributed by atoms with Crippen molar-refractivity contribution in [3.63, 3.8) is 0 Å². The molecule has 2 aliphatic carbocycles. The molecule has 50 heavy (non-hydrogen) atoms. The summed E-state index contributed by atoms with van der Waals surface area (Å²) in [7, 11) is 0. The van der Waals surface area contributed by atoms with Gasteiger partial charge in [0.15, 0.2) is 0 Å². The van der Waals surface area contributed by atoms with E-state index < -0.39 is 59.4 Å². The molecule has 13 heteroatoms. The van der Waals surface area contributed by atoms with E-state index in [4.69, 9.17) is 4.74 Å². The molecular weight excluding hydrogens is 644 g/mol. The summed E-state index contributed by atoms with van der Waals surface area (Å²) in [6, 6.07) is 10.6. The van der Waals surface area contributed by atoms with Crippen LogP contribution in [-0.2, 0) is 24.0 Å². The summed E-state index contributed by atoms with van der Waals surface area (Å²) in [6.07, 6.45) is 4.46. The molecule has 3 aliphatic rings. The predicted molar refractivity (Wildman–Crippen MR) is 182 cm³/mol. The lowest BCUT2D eigenvalue weighted by Crippen LogP contribution is -2.60. The summed E-state index contributed by atoms with van der Waals surface area (Å²) < 4.78 is 6.43. The monoisotopic (exact) mass is 690 g/mol. The first-order chi connectivity index (χ1) is 23.8. The fourth-order valence-corrected chi connectivity index (χ4v) is 7.01. The fraction of sp³-hybridized carbons (Fsp3) is 0.514. The van der Waals surface area contributed by atoms with Crippen LogP contribution in [0, 0.1) is 11.8 Å². The molecule has 0 radical (unpaired) electrons. The number of nitrogens with one attached hydrogen (secondary N) is 3. The maximum atomic E-state index is 14.4. The first kappa shape index (κ1) is 36.3. The van der Waals surface area contributed by atoms with E-state index in [1.807, 2.05) is 12.1 Å². The third kappa shape index (κ3) is 8.26. The van der Waals surface area contributed by atoms with Gasteiger partial charge in [0, 0.05) is 18.9 Å². The van der Waals surface area contributed by atoms with Crippen molar-refractivity contribution in [2.24, 2.45) is 11.8 Å². The molecule has 0 aromatic heterocycles. The molecular formula is C37H46N4O9. The number of aliphatic carboxylic acids is 1. The van der Waals surface area contributed by atoms with Crippen molar-refractivity contribution in [1.82, 2.24) is 20.9 Å². The molecule has 1 heterocycles. The van der Waals surface area contributed by atoms with Crippen LogP contribution in [0.15, 0.2) is 48.5 Å². The minimum absolute atomic E-state index is 0.0138. The number of amides is 4. The van der Waals surface area contributed by atoms with Gasteiger partial charge < -0.3 is 35.8 Å². The molecule has 13 nitrogen and oxygen atoms in total. The molecule has 1 aliphatic heterocycles. The molecule has 4 amide bonds. The first-order valence-corrected chi connectivity index (χ1v) is 17.3. The van der Waals surface area contributed by atoms with Crippen molar-refractivity contribution in [2.75, 3.05) is 6.54 Å². The van der Waals surface area contributed by atoms with Crippen molar-refractivity contribution < 1.29 is 43.7 Å². The van der Waals surface area contributed by atoms with Gasteiger partial charge in [-0.25, -0.2) is 9.59 Å². The minimum atomic E-state index is -1.38. The highest BCUT2D eigenvalue weighted by molar-refractivity contribution is 5.97. The number of ether oxygens (including phenoxy) is 1. The average Bonchev–Trinajstić information content (AvgIpc) is 3.76. The maximum absolute atomic E-state index is 14.4. The molecule has 2 aromatic rings. The quantitative estimate of drug-likeness (QED) is 0.210. The summed E-state index contributed by atoms with van der Waals surface area (Å²) in [6.45, 7) is 4.91. The largest absolute Gasteiger partial charge is 0.488 e. The van der Waals surface area contributed by atoms with Crippen LogP contribution in [-0.4, -0.2) is 87.0 Å². The van der Waals surface area contributed by atoms with Crippen LogP contribution in [0.1, 0.15) is 82.5 Å². The number of rotatable bonds is 13. The summed E-state index contributed by atoms with van der Waals surface area (Å²) in [5.74, 6) is -4.12. The van der Waals surface area contributed by atoms with E-state index in [0.717, 1.165) is 32.1 Å². The molecule has 1 saturated heterocycles. The second-order valence-corrected chi connectivity index (χ2v) is 14.0. The van der Waals surface area contributed by atoms with E-state index in [2.05, 4.69) is 16.0 Å². The number of likely N-dealkylation sites (tertiary alicyclic amines) is 1. The third-order valence-corrected chi connectivity index (χ3v) is 9.99. The van der Waals surface area contributed by atoms with Crippen molar-refractivity contribution in [2.45, 2.75) is 102 Å². The molecule has 5 rings (SSSR count). The lowest BCUT2D eigenvalue weighted by atomic mass is 9.83. The summed E-state index contributed by atoms with van der Waals surface area (Å²) >= 11 is 0. The van der Waals surface area contributed by atoms with Crippen LogP contribution in [0.2, 0.25) is 0 Å². The number of benzene rings is 2. The second-order valence-electron chi connectivity index (χ2n) is 14.0. The Balaban J connectivity index is 1.40. The number of carboxylic acid groups (broad SMARTS) is 2. The van der Waals surface area contributed by atoms with Gasteiger partial charge in [-0.3, -0.25) is 19.2 Å². The summed E-state index contributed by atoms with van der Waals surface area (Å²) in [5, 5.41) is 27.4. The van der Waals surface area contributed by atoms with Crippen LogP contribution in [0.5, 0.6) is 5.75 Å². The Kier molecular flexibility index (Phi) is 11.1.